The highest BCUT2D eigenvalue weighted by molar-refractivity contribution is 5.89. The molecule has 0 radical (unpaired) electrons. The normalized spacial score (nSPS) is 10.7. The minimum atomic E-state index is -0.0368. The van der Waals surface area contributed by atoms with E-state index in [0.29, 0.717) is 6.54 Å². The fourth-order valence-corrected chi connectivity index (χ4v) is 2.10. The summed E-state index contributed by atoms with van der Waals surface area (Å²) in [6, 6.07) is 7.84. The lowest BCUT2D eigenvalue weighted by Crippen LogP contribution is -2.40. The van der Waals surface area contributed by atoms with Crippen LogP contribution < -0.4 is 11.1 Å². The molecule has 0 saturated carbocycles. The van der Waals surface area contributed by atoms with Crippen molar-refractivity contribution in [2.24, 2.45) is 5.73 Å². The molecule has 0 aliphatic rings. The zero-order valence-corrected chi connectivity index (χ0v) is 12.9. The van der Waals surface area contributed by atoms with Gasteiger partial charge in [-0.15, -0.1) is 0 Å². The summed E-state index contributed by atoms with van der Waals surface area (Å²) >= 11 is 0. The van der Waals surface area contributed by atoms with Gasteiger partial charge in [-0.1, -0.05) is 31.9 Å². The molecule has 4 nitrogen and oxygen atoms in total. The Hall–Kier alpha value is -1.55. The SMILES string of the molecule is CCCCCN(C(=O)Nc1cccc(CN)c1)C(C)C. The summed E-state index contributed by atoms with van der Waals surface area (Å²) in [6.45, 7) is 7.53. The maximum atomic E-state index is 12.3. The lowest BCUT2D eigenvalue weighted by atomic mass is 10.2. The molecule has 0 aromatic heterocycles. The molecule has 1 rings (SSSR count). The number of urea groups is 1. The van der Waals surface area contributed by atoms with Crippen molar-refractivity contribution in [1.29, 1.82) is 0 Å². The number of nitrogens with zero attached hydrogens (tertiary/aromatic N) is 1. The Morgan fingerprint density at radius 1 is 1.35 bits per heavy atom. The predicted molar refractivity (Wildman–Crippen MR) is 84.7 cm³/mol. The van der Waals surface area contributed by atoms with Gasteiger partial charge in [0.1, 0.15) is 0 Å². The Bertz CT molecular complexity index is 418. The number of carbonyl (C=O) groups is 1. The summed E-state index contributed by atoms with van der Waals surface area (Å²) < 4.78 is 0. The van der Waals surface area contributed by atoms with Gasteiger partial charge in [0.2, 0.25) is 0 Å². The molecule has 0 aliphatic carbocycles. The average Bonchev–Trinajstić information content (AvgIpc) is 2.43. The molecule has 3 N–H and O–H groups in total. The molecule has 0 aliphatic heterocycles. The van der Waals surface area contributed by atoms with E-state index in [2.05, 4.69) is 12.2 Å². The molecule has 0 bridgehead atoms. The van der Waals surface area contributed by atoms with Crippen molar-refractivity contribution < 1.29 is 4.79 Å². The van der Waals surface area contributed by atoms with Crippen LogP contribution in [0.5, 0.6) is 0 Å². The van der Waals surface area contributed by atoms with Crippen molar-refractivity contribution in [2.75, 3.05) is 11.9 Å². The first-order valence-electron chi connectivity index (χ1n) is 7.45. The van der Waals surface area contributed by atoms with Crippen molar-refractivity contribution in [3.8, 4) is 0 Å². The number of nitrogens with two attached hydrogens (primary N) is 1. The van der Waals surface area contributed by atoms with Gasteiger partial charge in [0.15, 0.2) is 0 Å². The minimum Gasteiger partial charge on any atom is -0.326 e. The highest BCUT2D eigenvalue weighted by Crippen LogP contribution is 2.12. The quantitative estimate of drug-likeness (QED) is 0.748. The van der Waals surface area contributed by atoms with E-state index >= 15 is 0 Å². The Balaban J connectivity index is 2.64. The van der Waals surface area contributed by atoms with E-state index in [1.807, 2.05) is 43.0 Å². The first-order chi connectivity index (χ1) is 9.58. The van der Waals surface area contributed by atoms with Crippen LogP contribution in [0.3, 0.4) is 0 Å². The van der Waals surface area contributed by atoms with E-state index < -0.39 is 0 Å². The van der Waals surface area contributed by atoms with Crippen LogP contribution in [0.25, 0.3) is 0 Å². The van der Waals surface area contributed by atoms with Gasteiger partial charge in [0.05, 0.1) is 0 Å². The summed E-state index contributed by atoms with van der Waals surface area (Å²) in [5, 5.41) is 2.96. The number of rotatable bonds is 7. The van der Waals surface area contributed by atoms with Crippen LogP contribution in [-0.2, 0) is 6.54 Å². The number of nitrogens with one attached hydrogen (secondary N) is 1. The molecule has 0 saturated heterocycles. The minimum absolute atomic E-state index is 0.0368. The standard InChI is InChI=1S/C16H27N3O/c1-4-5-6-10-19(13(2)3)16(20)18-15-9-7-8-14(11-15)12-17/h7-9,11,13H,4-6,10,12,17H2,1-3H3,(H,18,20). The molecular formula is C16H27N3O. The second kappa shape index (κ2) is 8.59. The van der Waals surface area contributed by atoms with Gasteiger partial charge in [-0.05, 0) is 38.0 Å². The highest BCUT2D eigenvalue weighted by Gasteiger charge is 2.16. The number of hydrogen-bond donors (Lipinski definition) is 2. The van der Waals surface area contributed by atoms with E-state index in [1.54, 1.807) is 0 Å². The van der Waals surface area contributed by atoms with Crippen LogP contribution in [0, 0.1) is 0 Å². The third-order valence-corrected chi connectivity index (χ3v) is 3.30. The third-order valence-electron chi connectivity index (χ3n) is 3.30. The Labute approximate surface area is 122 Å². The van der Waals surface area contributed by atoms with E-state index in [-0.39, 0.29) is 12.1 Å². The Morgan fingerprint density at radius 2 is 2.10 bits per heavy atom. The van der Waals surface area contributed by atoms with Crippen LogP contribution in [0.15, 0.2) is 24.3 Å². The number of benzene rings is 1. The van der Waals surface area contributed by atoms with Gasteiger partial charge in [-0.2, -0.15) is 0 Å². The van der Waals surface area contributed by atoms with Gasteiger partial charge < -0.3 is 16.0 Å². The molecule has 0 fully saturated rings. The van der Waals surface area contributed by atoms with Crippen LogP contribution in [0.1, 0.15) is 45.6 Å². The number of unbranched alkanes of at least 4 members (excludes halogenated alkanes) is 2. The molecular weight excluding hydrogens is 250 g/mol. The molecule has 112 valence electrons. The first-order valence-corrected chi connectivity index (χ1v) is 7.45. The maximum Gasteiger partial charge on any atom is 0.322 e. The first kappa shape index (κ1) is 16.5. The van der Waals surface area contributed by atoms with E-state index in [9.17, 15) is 4.79 Å². The maximum absolute atomic E-state index is 12.3. The van der Waals surface area contributed by atoms with Crippen molar-refractivity contribution in [1.82, 2.24) is 4.90 Å². The molecule has 20 heavy (non-hydrogen) atoms. The van der Waals surface area contributed by atoms with Gasteiger partial charge >= 0.3 is 6.03 Å². The molecule has 4 heteroatoms. The lowest BCUT2D eigenvalue weighted by molar-refractivity contribution is 0.195. The molecule has 2 amide bonds. The van der Waals surface area contributed by atoms with Crippen LogP contribution >= 0.6 is 0 Å². The van der Waals surface area contributed by atoms with Crippen LogP contribution in [-0.4, -0.2) is 23.5 Å². The number of anilines is 1. The lowest BCUT2D eigenvalue weighted by Gasteiger charge is -2.27. The third kappa shape index (κ3) is 5.21. The molecule has 1 aromatic carbocycles. The summed E-state index contributed by atoms with van der Waals surface area (Å²) in [4.78, 5) is 14.2. The second-order valence-electron chi connectivity index (χ2n) is 5.33. The summed E-state index contributed by atoms with van der Waals surface area (Å²) in [6.07, 6.45) is 3.36. The van der Waals surface area contributed by atoms with Gasteiger partial charge in [-0.3, -0.25) is 0 Å². The van der Waals surface area contributed by atoms with Gasteiger partial charge in [0, 0.05) is 24.8 Å². The Kier molecular flexibility index (Phi) is 7.09. The largest absolute Gasteiger partial charge is 0.326 e. The number of hydrogen-bond acceptors (Lipinski definition) is 2. The molecule has 0 spiro atoms. The monoisotopic (exact) mass is 277 g/mol. The fourth-order valence-electron chi connectivity index (χ4n) is 2.10. The van der Waals surface area contributed by atoms with Gasteiger partial charge in [-0.25, -0.2) is 4.79 Å². The Morgan fingerprint density at radius 3 is 2.70 bits per heavy atom. The van der Waals surface area contributed by atoms with E-state index in [0.717, 1.165) is 37.1 Å². The predicted octanol–water partition coefficient (Wildman–Crippen LogP) is 3.58. The van der Waals surface area contributed by atoms with Crippen LogP contribution in [0.2, 0.25) is 0 Å². The number of carbonyl (C=O) groups excluding carboxylic acids is 1. The second-order valence-corrected chi connectivity index (χ2v) is 5.33. The molecule has 0 unspecified atom stereocenters. The van der Waals surface area contributed by atoms with Crippen molar-refractivity contribution in [3.63, 3.8) is 0 Å². The zero-order chi connectivity index (χ0) is 15.0. The number of amides is 2. The smallest absolute Gasteiger partial charge is 0.322 e. The van der Waals surface area contributed by atoms with E-state index in [4.69, 9.17) is 5.73 Å². The summed E-state index contributed by atoms with van der Waals surface area (Å²) in [5.41, 5.74) is 7.44. The van der Waals surface area contributed by atoms with Crippen molar-refractivity contribution in [3.05, 3.63) is 29.8 Å². The fraction of sp³-hybridized carbons (Fsp3) is 0.562. The highest BCUT2D eigenvalue weighted by atomic mass is 16.2. The summed E-state index contributed by atoms with van der Waals surface area (Å²) in [7, 11) is 0. The molecule has 0 heterocycles. The van der Waals surface area contributed by atoms with Crippen molar-refractivity contribution in [2.45, 2.75) is 52.6 Å². The molecule has 1 aromatic rings. The topological polar surface area (TPSA) is 58.4 Å². The van der Waals surface area contributed by atoms with E-state index in [1.165, 1.54) is 0 Å². The van der Waals surface area contributed by atoms with Crippen LogP contribution in [0.4, 0.5) is 10.5 Å². The average molecular weight is 277 g/mol. The van der Waals surface area contributed by atoms with Gasteiger partial charge in [0.25, 0.3) is 0 Å². The summed E-state index contributed by atoms with van der Waals surface area (Å²) in [5.74, 6) is 0. The van der Waals surface area contributed by atoms with Crippen molar-refractivity contribution >= 4 is 11.7 Å². The zero-order valence-electron chi connectivity index (χ0n) is 12.9. The molecule has 0 atom stereocenters.